The Morgan fingerprint density at radius 2 is 1.83 bits per heavy atom. The Morgan fingerprint density at radius 1 is 1.03 bits per heavy atom. The molecule has 5 heteroatoms. The number of ether oxygens (including phenoxy) is 1. The van der Waals surface area contributed by atoms with Crippen LogP contribution in [0.25, 0.3) is 22.1 Å². The fourth-order valence-corrected chi connectivity index (χ4v) is 3.74. The Hall–Kier alpha value is -3.57. The lowest BCUT2D eigenvalue weighted by Gasteiger charge is -2.14. The van der Waals surface area contributed by atoms with Crippen molar-refractivity contribution in [2.24, 2.45) is 5.73 Å². The fourth-order valence-electron chi connectivity index (χ4n) is 3.74. The Labute approximate surface area is 174 Å². The number of aliphatic carboxylic acids is 1. The highest BCUT2D eigenvalue weighted by molar-refractivity contribution is 5.94. The highest BCUT2D eigenvalue weighted by atomic mass is 16.5. The molecule has 4 rings (SSSR count). The van der Waals surface area contributed by atoms with Crippen LogP contribution in [-0.2, 0) is 24.4 Å². The summed E-state index contributed by atoms with van der Waals surface area (Å²) in [5.74, 6) is -0.307. The second kappa shape index (κ2) is 8.43. The van der Waals surface area contributed by atoms with E-state index in [1.165, 1.54) is 0 Å². The predicted octanol–water partition coefficient (Wildman–Crippen LogP) is 5.07. The zero-order chi connectivity index (χ0) is 21.1. The van der Waals surface area contributed by atoms with Gasteiger partial charge in [0.25, 0.3) is 0 Å². The Kier molecular flexibility index (Phi) is 5.55. The van der Waals surface area contributed by atoms with Gasteiger partial charge in [-0.05, 0) is 53.4 Å². The molecule has 0 atom stereocenters. The molecule has 0 radical (unpaired) electrons. The molecule has 0 saturated heterocycles. The minimum atomic E-state index is -0.886. The van der Waals surface area contributed by atoms with Gasteiger partial charge in [0.2, 0.25) is 0 Å². The summed E-state index contributed by atoms with van der Waals surface area (Å²) in [7, 11) is 0. The van der Waals surface area contributed by atoms with Crippen molar-refractivity contribution in [1.82, 2.24) is 0 Å². The van der Waals surface area contributed by atoms with E-state index in [9.17, 15) is 4.79 Å². The van der Waals surface area contributed by atoms with Crippen molar-refractivity contribution in [2.45, 2.75) is 26.5 Å². The number of hydrogen-bond donors (Lipinski definition) is 2. The van der Waals surface area contributed by atoms with Crippen molar-refractivity contribution >= 4 is 16.9 Å². The standard InChI is InChI=1S/C25H23NO4/c1-16-20(14-26)6-4-7-21(16)22-12-17(11-19-9-10-29-25(19)22)15-30-23-8-3-2-5-18(23)13-24(27)28/h2-12H,13-15,26H2,1H3,(H,27,28). The molecule has 0 spiro atoms. The van der Waals surface area contributed by atoms with Crippen molar-refractivity contribution < 1.29 is 19.1 Å². The highest BCUT2D eigenvalue weighted by Crippen LogP contribution is 2.34. The van der Waals surface area contributed by atoms with E-state index in [0.29, 0.717) is 24.5 Å². The summed E-state index contributed by atoms with van der Waals surface area (Å²) in [6.07, 6.45) is 1.61. The van der Waals surface area contributed by atoms with Crippen molar-refractivity contribution in [2.75, 3.05) is 0 Å². The van der Waals surface area contributed by atoms with Crippen molar-refractivity contribution in [1.29, 1.82) is 0 Å². The van der Waals surface area contributed by atoms with Crippen molar-refractivity contribution in [3.05, 3.63) is 89.2 Å². The maximum Gasteiger partial charge on any atom is 0.307 e. The first-order valence-electron chi connectivity index (χ1n) is 9.78. The third-order valence-electron chi connectivity index (χ3n) is 5.28. The van der Waals surface area contributed by atoms with Crippen LogP contribution in [-0.4, -0.2) is 11.1 Å². The van der Waals surface area contributed by atoms with E-state index in [2.05, 4.69) is 19.1 Å². The number of benzene rings is 3. The molecule has 152 valence electrons. The van der Waals surface area contributed by atoms with Crippen molar-refractivity contribution in [3.63, 3.8) is 0 Å². The van der Waals surface area contributed by atoms with Gasteiger partial charge in [-0.25, -0.2) is 0 Å². The normalized spacial score (nSPS) is 11.0. The lowest BCUT2D eigenvalue weighted by molar-refractivity contribution is -0.136. The van der Waals surface area contributed by atoms with Gasteiger partial charge in [-0.2, -0.15) is 0 Å². The SMILES string of the molecule is Cc1c(CN)cccc1-c1cc(COc2ccccc2CC(=O)O)cc2ccoc12. The summed E-state index contributed by atoms with van der Waals surface area (Å²) < 4.78 is 11.8. The Bertz CT molecular complexity index is 1210. The smallest absolute Gasteiger partial charge is 0.307 e. The van der Waals surface area contributed by atoms with Crippen LogP contribution < -0.4 is 10.5 Å². The van der Waals surface area contributed by atoms with E-state index in [4.69, 9.17) is 20.0 Å². The Morgan fingerprint density at radius 3 is 2.63 bits per heavy atom. The number of carboxylic acid groups (broad SMARTS) is 1. The molecule has 3 N–H and O–H groups in total. The van der Waals surface area contributed by atoms with E-state index in [1.807, 2.05) is 36.4 Å². The summed E-state index contributed by atoms with van der Waals surface area (Å²) in [6, 6.07) is 19.4. The van der Waals surface area contributed by atoms with Crippen molar-refractivity contribution in [3.8, 4) is 16.9 Å². The van der Waals surface area contributed by atoms with E-state index < -0.39 is 5.97 Å². The number of nitrogens with two attached hydrogens (primary N) is 1. The van der Waals surface area contributed by atoms with Gasteiger partial charge in [0.1, 0.15) is 17.9 Å². The molecule has 0 bridgehead atoms. The number of hydrogen-bond acceptors (Lipinski definition) is 4. The molecule has 3 aromatic carbocycles. The largest absolute Gasteiger partial charge is 0.489 e. The van der Waals surface area contributed by atoms with E-state index in [1.54, 1.807) is 18.4 Å². The number of para-hydroxylation sites is 1. The molecule has 0 saturated carbocycles. The highest BCUT2D eigenvalue weighted by Gasteiger charge is 2.14. The van der Waals surface area contributed by atoms with Gasteiger partial charge in [0, 0.05) is 23.1 Å². The van der Waals surface area contributed by atoms with Crippen LogP contribution >= 0.6 is 0 Å². The van der Waals surface area contributed by atoms with Gasteiger partial charge in [0.15, 0.2) is 0 Å². The molecule has 0 fully saturated rings. The van der Waals surface area contributed by atoms with Gasteiger partial charge in [-0.15, -0.1) is 0 Å². The number of furan rings is 1. The second-order valence-corrected chi connectivity index (χ2v) is 7.24. The number of fused-ring (bicyclic) bond motifs is 1. The van der Waals surface area contributed by atoms with Crippen LogP contribution in [0.3, 0.4) is 0 Å². The molecule has 0 unspecified atom stereocenters. The topological polar surface area (TPSA) is 85.7 Å². The summed E-state index contributed by atoms with van der Waals surface area (Å²) in [6.45, 7) is 2.86. The molecule has 0 aliphatic rings. The zero-order valence-corrected chi connectivity index (χ0v) is 16.7. The number of carbonyl (C=O) groups is 1. The van der Waals surface area contributed by atoms with E-state index in [-0.39, 0.29) is 6.42 Å². The fraction of sp³-hybridized carbons (Fsp3) is 0.160. The molecular weight excluding hydrogens is 378 g/mol. The first-order valence-corrected chi connectivity index (χ1v) is 9.78. The van der Waals surface area contributed by atoms with Gasteiger partial charge < -0.3 is 20.0 Å². The van der Waals surface area contributed by atoms with Crippen LogP contribution in [0.2, 0.25) is 0 Å². The molecule has 0 aliphatic heterocycles. The lowest BCUT2D eigenvalue weighted by atomic mass is 9.94. The van der Waals surface area contributed by atoms with Crippen LogP contribution in [0.4, 0.5) is 0 Å². The van der Waals surface area contributed by atoms with Crippen LogP contribution in [0, 0.1) is 6.92 Å². The number of carboxylic acids is 1. The molecule has 1 aromatic heterocycles. The molecule has 30 heavy (non-hydrogen) atoms. The zero-order valence-electron chi connectivity index (χ0n) is 16.7. The third-order valence-corrected chi connectivity index (χ3v) is 5.28. The Balaban J connectivity index is 1.70. The first kappa shape index (κ1) is 19.7. The monoisotopic (exact) mass is 401 g/mol. The first-order chi connectivity index (χ1) is 14.6. The quantitative estimate of drug-likeness (QED) is 0.451. The van der Waals surface area contributed by atoms with E-state index >= 15 is 0 Å². The maximum atomic E-state index is 11.1. The van der Waals surface area contributed by atoms with Gasteiger partial charge in [0.05, 0.1) is 12.7 Å². The average Bonchev–Trinajstić information content (AvgIpc) is 3.21. The van der Waals surface area contributed by atoms with Gasteiger partial charge in [-0.3, -0.25) is 4.79 Å². The lowest BCUT2D eigenvalue weighted by Crippen LogP contribution is -2.04. The van der Waals surface area contributed by atoms with Crippen LogP contribution in [0.15, 0.2) is 71.3 Å². The molecular formula is C25H23NO4. The second-order valence-electron chi connectivity index (χ2n) is 7.24. The third kappa shape index (κ3) is 3.93. The van der Waals surface area contributed by atoms with Gasteiger partial charge >= 0.3 is 5.97 Å². The minimum absolute atomic E-state index is 0.0761. The molecule has 0 aliphatic carbocycles. The summed E-state index contributed by atoms with van der Waals surface area (Å²) in [5.41, 5.74) is 12.6. The molecule has 0 amide bonds. The summed E-state index contributed by atoms with van der Waals surface area (Å²) in [5, 5.41) is 10.1. The minimum Gasteiger partial charge on any atom is -0.489 e. The molecule has 5 nitrogen and oxygen atoms in total. The molecule has 4 aromatic rings. The maximum absolute atomic E-state index is 11.1. The summed E-state index contributed by atoms with van der Waals surface area (Å²) >= 11 is 0. The predicted molar refractivity (Wildman–Crippen MR) is 116 cm³/mol. The van der Waals surface area contributed by atoms with Gasteiger partial charge in [-0.1, -0.05) is 36.4 Å². The average molecular weight is 401 g/mol. The van der Waals surface area contributed by atoms with Crippen LogP contribution in [0.1, 0.15) is 22.3 Å². The van der Waals surface area contributed by atoms with E-state index in [0.717, 1.165) is 38.8 Å². The molecule has 1 heterocycles. The number of rotatable bonds is 7. The van der Waals surface area contributed by atoms with Crippen LogP contribution in [0.5, 0.6) is 5.75 Å². The summed E-state index contributed by atoms with van der Waals surface area (Å²) in [4.78, 5) is 11.1.